The molecule has 1 aromatic heterocycles. The number of thioether (sulfide) groups is 1. The van der Waals surface area contributed by atoms with E-state index in [4.69, 9.17) is 0 Å². The summed E-state index contributed by atoms with van der Waals surface area (Å²) in [4.78, 5) is 24.9. The zero-order valence-corrected chi connectivity index (χ0v) is 17.1. The number of carbonyl (C=O) groups excluding carboxylic acids is 2. The van der Waals surface area contributed by atoms with Crippen LogP contribution in [0.5, 0.6) is 0 Å². The van der Waals surface area contributed by atoms with Gasteiger partial charge in [-0.25, -0.2) is 0 Å². The van der Waals surface area contributed by atoms with E-state index in [-0.39, 0.29) is 11.8 Å². The van der Waals surface area contributed by atoms with Crippen LogP contribution in [0, 0.1) is 6.92 Å². The summed E-state index contributed by atoms with van der Waals surface area (Å²) in [6.45, 7) is 3.49. The zero-order chi connectivity index (χ0) is 20.3. The lowest BCUT2D eigenvalue weighted by Crippen LogP contribution is -2.15. The first-order chi connectivity index (χ1) is 13.4. The molecule has 2 N–H and O–H groups in total. The van der Waals surface area contributed by atoms with Gasteiger partial charge in [-0.15, -0.1) is 11.8 Å². The molecule has 0 unspecified atom stereocenters. The Hall–Kier alpha value is -3.06. The molecule has 7 heteroatoms. The second kappa shape index (κ2) is 8.31. The van der Waals surface area contributed by atoms with E-state index in [1.165, 1.54) is 18.7 Å². The fourth-order valence-corrected chi connectivity index (χ4v) is 3.47. The first-order valence-electron chi connectivity index (χ1n) is 8.76. The number of anilines is 2. The van der Waals surface area contributed by atoms with E-state index in [0.717, 1.165) is 21.7 Å². The summed E-state index contributed by atoms with van der Waals surface area (Å²) < 4.78 is 1.65. The number of aromatic nitrogens is 2. The van der Waals surface area contributed by atoms with Crippen LogP contribution in [-0.4, -0.2) is 27.9 Å². The van der Waals surface area contributed by atoms with Crippen molar-refractivity contribution in [2.45, 2.75) is 18.7 Å². The molecule has 28 heavy (non-hydrogen) atoms. The summed E-state index contributed by atoms with van der Waals surface area (Å²) in [6.07, 6.45) is 1.90. The summed E-state index contributed by atoms with van der Waals surface area (Å²) in [5, 5.41) is 10.2. The molecule has 3 aromatic rings. The third-order valence-electron chi connectivity index (χ3n) is 4.32. The van der Waals surface area contributed by atoms with Gasteiger partial charge in [-0.3, -0.25) is 14.3 Å². The third-order valence-corrected chi connectivity index (χ3v) is 5.09. The lowest BCUT2D eigenvalue weighted by atomic mass is 10.1. The Labute approximate surface area is 168 Å². The summed E-state index contributed by atoms with van der Waals surface area (Å²) in [6, 6.07) is 15.1. The zero-order valence-electron chi connectivity index (χ0n) is 16.2. The topological polar surface area (TPSA) is 76.0 Å². The normalized spacial score (nSPS) is 10.6. The molecule has 1 heterocycles. The molecule has 2 aromatic carbocycles. The van der Waals surface area contributed by atoms with Gasteiger partial charge in [0.2, 0.25) is 5.91 Å². The molecular weight excluding hydrogens is 372 g/mol. The Morgan fingerprint density at radius 3 is 2.50 bits per heavy atom. The van der Waals surface area contributed by atoms with Crippen molar-refractivity contribution in [3.8, 4) is 11.3 Å². The maximum atomic E-state index is 12.7. The number of amides is 2. The molecule has 0 fully saturated rings. The number of nitrogens with one attached hydrogen (secondary N) is 2. The molecule has 144 valence electrons. The summed E-state index contributed by atoms with van der Waals surface area (Å²) in [5.74, 6) is 0.232. The van der Waals surface area contributed by atoms with Crippen LogP contribution in [-0.2, 0) is 11.8 Å². The van der Waals surface area contributed by atoms with Crippen LogP contribution >= 0.6 is 11.8 Å². The number of hydrogen-bond acceptors (Lipinski definition) is 4. The van der Waals surface area contributed by atoms with Crippen LogP contribution in [0.15, 0.2) is 53.4 Å². The Bertz CT molecular complexity index is 1040. The van der Waals surface area contributed by atoms with E-state index in [2.05, 4.69) is 15.7 Å². The molecule has 0 atom stereocenters. The maximum Gasteiger partial charge on any atom is 0.256 e. The van der Waals surface area contributed by atoms with Crippen molar-refractivity contribution in [1.82, 2.24) is 9.78 Å². The molecular formula is C21H22N4O2S. The van der Waals surface area contributed by atoms with E-state index in [9.17, 15) is 9.59 Å². The minimum Gasteiger partial charge on any atom is -0.325 e. The van der Waals surface area contributed by atoms with Crippen molar-refractivity contribution in [2.24, 2.45) is 7.05 Å². The van der Waals surface area contributed by atoms with Crippen LogP contribution in [0.1, 0.15) is 22.8 Å². The number of aryl methyl sites for hydroxylation is 2. The fraction of sp³-hybridized carbons (Fsp3) is 0.190. The SMILES string of the molecule is CSc1cc(C(=O)Nc2cc(-c3ccccc3C)nn2C)ccc1NC(C)=O. The van der Waals surface area contributed by atoms with Crippen molar-refractivity contribution in [3.63, 3.8) is 0 Å². The van der Waals surface area contributed by atoms with Crippen LogP contribution in [0.2, 0.25) is 0 Å². The second-order valence-electron chi connectivity index (χ2n) is 6.40. The standard InChI is InChI=1S/C21H22N4O2S/c1-13-7-5-6-8-16(13)18-12-20(25(3)24-18)23-21(27)15-9-10-17(22-14(2)26)19(11-15)28-4/h5-12H,1-4H3,(H,22,26)(H,23,27). The van der Waals surface area contributed by atoms with Gasteiger partial charge >= 0.3 is 0 Å². The Morgan fingerprint density at radius 2 is 1.82 bits per heavy atom. The lowest BCUT2D eigenvalue weighted by molar-refractivity contribution is -0.114. The van der Waals surface area contributed by atoms with E-state index < -0.39 is 0 Å². The number of carbonyl (C=O) groups is 2. The molecule has 0 saturated carbocycles. The molecule has 0 radical (unpaired) electrons. The van der Waals surface area contributed by atoms with Crippen LogP contribution < -0.4 is 10.6 Å². The summed E-state index contributed by atoms with van der Waals surface area (Å²) in [5.41, 5.74) is 4.16. The first-order valence-corrected chi connectivity index (χ1v) is 9.98. The van der Waals surface area contributed by atoms with E-state index in [0.29, 0.717) is 17.1 Å². The molecule has 0 aliphatic rings. The van der Waals surface area contributed by atoms with Crippen LogP contribution in [0.25, 0.3) is 11.3 Å². The molecule has 0 saturated heterocycles. The van der Waals surface area contributed by atoms with Gasteiger partial charge in [-0.1, -0.05) is 24.3 Å². The number of benzene rings is 2. The predicted octanol–water partition coefficient (Wildman–Crippen LogP) is 4.33. The number of rotatable bonds is 5. The van der Waals surface area contributed by atoms with Crippen LogP contribution in [0.4, 0.5) is 11.5 Å². The molecule has 0 aliphatic carbocycles. The van der Waals surface area contributed by atoms with Gasteiger partial charge < -0.3 is 10.6 Å². The summed E-state index contributed by atoms with van der Waals surface area (Å²) >= 11 is 1.47. The molecule has 0 spiro atoms. The predicted molar refractivity (Wildman–Crippen MR) is 114 cm³/mol. The van der Waals surface area contributed by atoms with Crippen molar-refractivity contribution in [2.75, 3.05) is 16.9 Å². The van der Waals surface area contributed by atoms with Crippen LogP contribution in [0.3, 0.4) is 0 Å². The summed E-state index contributed by atoms with van der Waals surface area (Å²) in [7, 11) is 1.80. The van der Waals surface area contributed by atoms with E-state index in [1.807, 2.05) is 43.5 Å². The van der Waals surface area contributed by atoms with Gasteiger partial charge in [0.15, 0.2) is 0 Å². The average molecular weight is 395 g/mol. The van der Waals surface area contributed by atoms with Crippen molar-refractivity contribution in [3.05, 3.63) is 59.7 Å². The largest absolute Gasteiger partial charge is 0.325 e. The number of hydrogen-bond donors (Lipinski definition) is 2. The Morgan fingerprint density at radius 1 is 1.07 bits per heavy atom. The fourth-order valence-electron chi connectivity index (χ4n) is 2.89. The van der Waals surface area contributed by atoms with Gasteiger partial charge in [0, 0.05) is 36.1 Å². The second-order valence-corrected chi connectivity index (χ2v) is 7.25. The minimum absolute atomic E-state index is 0.147. The van der Waals surface area contributed by atoms with Crippen molar-refractivity contribution < 1.29 is 9.59 Å². The molecule has 6 nitrogen and oxygen atoms in total. The minimum atomic E-state index is -0.232. The van der Waals surface area contributed by atoms with Gasteiger partial charge in [0.25, 0.3) is 5.91 Å². The lowest BCUT2D eigenvalue weighted by Gasteiger charge is -2.10. The van der Waals surface area contributed by atoms with Crippen molar-refractivity contribution >= 4 is 35.1 Å². The average Bonchev–Trinajstić information content (AvgIpc) is 3.02. The Balaban J connectivity index is 1.84. The molecule has 2 amide bonds. The smallest absolute Gasteiger partial charge is 0.256 e. The van der Waals surface area contributed by atoms with E-state index in [1.54, 1.807) is 29.9 Å². The van der Waals surface area contributed by atoms with Crippen molar-refractivity contribution in [1.29, 1.82) is 0 Å². The van der Waals surface area contributed by atoms with Gasteiger partial charge in [-0.2, -0.15) is 5.10 Å². The highest BCUT2D eigenvalue weighted by molar-refractivity contribution is 7.98. The quantitative estimate of drug-likeness (QED) is 0.632. The highest BCUT2D eigenvalue weighted by atomic mass is 32.2. The molecule has 3 rings (SSSR count). The monoisotopic (exact) mass is 394 g/mol. The van der Waals surface area contributed by atoms with E-state index >= 15 is 0 Å². The van der Waals surface area contributed by atoms with Gasteiger partial charge in [0.1, 0.15) is 5.82 Å². The third kappa shape index (κ3) is 4.26. The molecule has 0 bridgehead atoms. The van der Waals surface area contributed by atoms with Gasteiger partial charge in [0.05, 0.1) is 11.4 Å². The van der Waals surface area contributed by atoms with Gasteiger partial charge in [-0.05, 0) is 36.9 Å². The number of nitrogens with zero attached hydrogens (tertiary/aromatic N) is 2. The Kier molecular flexibility index (Phi) is 5.84. The first kappa shape index (κ1) is 19.7. The molecule has 0 aliphatic heterocycles. The highest BCUT2D eigenvalue weighted by Gasteiger charge is 2.14. The highest BCUT2D eigenvalue weighted by Crippen LogP contribution is 2.28. The maximum absolute atomic E-state index is 12.7.